The number of unbranched alkanes of at least 4 members (excludes halogenated alkanes) is 6. The second kappa shape index (κ2) is 18.1. The monoisotopic (exact) mass is 381 g/mol. The standard InChI is InChI=1S/C17H30O6.3H3N/c1-17(16(22)23,12-8-4-2-6-10-14(18)19)13-9-5-3-7-11-15(20)21;;;/h2-13H2,1H3,(H,18,19)(H,20,21)(H,22,23);3*1H3. The first-order valence-corrected chi connectivity index (χ1v) is 8.39. The van der Waals surface area contributed by atoms with Crippen molar-refractivity contribution in [1.82, 2.24) is 18.5 Å². The van der Waals surface area contributed by atoms with Crippen molar-refractivity contribution in [1.29, 1.82) is 0 Å². The molecule has 0 heterocycles. The van der Waals surface area contributed by atoms with Crippen molar-refractivity contribution in [2.45, 2.75) is 84.0 Å². The molecule has 0 aromatic heterocycles. The van der Waals surface area contributed by atoms with Gasteiger partial charge in [0.15, 0.2) is 0 Å². The highest BCUT2D eigenvalue weighted by atomic mass is 16.4. The Balaban J connectivity index is -0.000000807. The lowest BCUT2D eigenvalue weighted by molar-refractivity contribution is -0.319. The zero-order valence-electron chi connectivity index (χ0n) is 16.9. The number of aliphatic carboxylic acids is 3. The number of rotatable bonds is 15. The van der Waals surface area contributed by atoms with Gasteiger partial charge < -0.3 is 48.2 Å². The summed E-state index contributed by atoms with van der Waals surface area (Å²) in [4.78, 5) is 31.9. The van der Waals surface area contributed by atoms with E-state index in [-0.39, 0.29) is 31.3 Å². The predicted molar refractivity (Wildman–Crippen MR) is 96.5 cm³/mol. The molecule has 9 nitrogen and oxygen atoms in total. The SMILES string of the molecule is CC(CCCCCCC(=O)[O-])(CCCCCCC(=O)[O-])C(=O)[O-].[NH4+].[NH4+].[NH4+]. The quantitative estimate of drug-likeness (QED) is 0.350. The van der Waals surface area contributed by atoms with Gasteiger partial charge in [0, 0.05) is 23.3 Å². The fourth-order valence-electron chi connectivity index (χ4n) is 2.61. The molecule has 0 unspecified atom stereocenters. The Kier molecular flexibility index (Phi) is 22.3. The van der Waals surface area contributed by atoms with Gasteiger partial charge in [-0.2, -0.15) is 0 Å². The van der Waals surface area contributed by atoms with Gasteiger partial charge >= 0.3 is 0 Å². The highest BCUT2D eigenvalue weighted by Gasteiger charge is 2.24. The summed E-state index contributed by atoms with van der Waals surface area (Å²) in [6.07, 6.45) is 6.77. The summed E-state index contributed by atoms with van der Waals surface area (Å²) in [6, 6.07) is 0. The van der Waals surface area contributed by atoms with Gasteiger partial charge in [-0.25, -0.2) is 0 Å². The van der Waals surface area contributed by atoms with Crippen molar-refractivity contribution in [3.8, 4) is 0 Å². The Hall–Kier alpha value is -1.71. The van der Waals surface area contributed by atoms with Gasteiger partial charge in [-0.3, -0.25) is 0 Å². The van der Waals surface area contributed by atoms with Crippen LogP contribution in [0.2, 0.25) is 0 Å². The average Bonchev–Trinajstić information content (AvgIpc) is 2.45. The van der Waals surface area contributed by atoms with Gasteiger partial charge in [-0.1, -0.05) is 45.4 Å². The van der Waals surface area contributed by atoms with Crippen molar-refractivity contribution in [3.05, 3.63) is 0 Å². The lowest BCUT2D eigenvalue weighted by Gasteiger charge is -2.31. The Morgan fingerprint density at radius 1 is 0.615 bits per heavy atom. The zero-order chi connectivity index (χ0) is 17.7. The van der Waals surface area contributed by atoms with Gasteiger partial charge in [0.05, 0.1) is 0 Å². The Morgan fingerprint density at radius 3 is 1.19 bits per heavy atom. The maximum Gasteiger partial charge on any atom is 0.0473 e. The first-order chi connectivity index (χ1) is 10.8. The van der Waals surface area contributed by atoms with Crippen LogP contribution >= 0.6 is 0 Å². The summed E-state index contributed by atoms with van der Waals surface area (Å²) in [5, 5.41) is 31.9. The minimum atomic E-state index is -1.05. The van der Waals surface area contributed by atoms with Crippen LogP contribution in [0.3, 0.4) is 0 Å². The number of quaternary nitrogens is 3. The third kappa shape index (κ3) is 17.1. The number of hydrogen-bond acceptors (Lipinski definition) is 6. The van der Waals surface area contributed by atoms with Gasteiger partial charge in [-0.15, -0.1) is 0 Å². The van der Waals surface area contributed by atoms with Gasteiger partial charge in [0.2, 0.25) is 0 Å². The summed E-state index contributed by atoms with van der Waals surface area (Å²) in [6.45, 7) is 1.69. The van der Waals surface area contributed by atoms with Crippen molar-refractivity contribution >= 4 is 17.9 Å². The lowest BCUT2D eigenvalue weighted by atomic mass is 9.80. The van der Waals surface area contributed by atoms with Crippen molar-refractivity contribution < 1.29 is 29.7 Å². The van der Waals surface area contributed by atoms with Crippen LogP contribution in [0.25, 0.3) is 0 Å². The highest BCUT2D eigenvalue weighted by molar-refractivity contribution is 5.71. The van der Waals surface area contributed by atoms with E-state index in [1.54, 1.807) is 6.92 Å². The van der Waals surface area contributed by atoms with E-state index in [4.69, 9.17) is 0 Å². The largest absolute Gasteiger partial charge is 0.550 e. The molecule has 0 saturated carbocycles. The normalized spacial score (nSPS) is 10.0. The van der Waals surface area contributed by atoms with Crippen LogP contribution in [-0.4, -0.2) is 17.9 Å². The smallest absolute Gasteiger partial charge is 0.0473 e. The molecule has 0 spiro atoms. The third-order valence-corrected chi connectivity index (χ3v) is 4.21. The van der Waals surface area contributed by atoms with Crippen LogP contribution in [0.15, 0.2) is 0 Å². The average molecular weight is 382 g/mol. The van der Waals surface area contributed by atoms with E-state index >= 15 is 0 Å². The molecule has 26 heavy (non-hydrogen) atoms. The molecule has 0 radical (unpaired) electrons. The lowest BCUT2D eigenvalue weighted by Crippen LogP contribution is -2.40. The van der Waals surface area contributed by atoms with E-state index < -0.39 is 23.3 Å². The van der Waals surface area contributed by atoms with E-state index in [1.165, 1.54) is 0 Å². The molecular formula is C17H39N3O6. The maximum atomic E-state index is 11.4. The van der Waals surface area contributed by atoms with Crippen LogP contribution in [0.1, 0.15) is 84.0 Å². The van der Waals surface area contributed by atoms with Crippen LogP contribution in [0.5, 0.6) is 0 Å². The van der Waals surface area contributed by atoms with Crippen molar-refractivity contribution in [2.24, 2.45) is 5.41 Å². The van der Waals surface area contributed by atoms with E-state index in [0.29, 0.717) is 25.7 Å². The Morgan fingerprint density at radius 2 is 0.923 bits per heavy atom. The predicted octanol–water partition coefficient (Wildman–Crippen LogP) is 1.05. The Labute approximate surface area is 156 Å². The van der Waals surface area contributed by atoms with E-state index in [2.05, 4.69) is 0 Å². The van der Waals surface area contributed by atoms with E-state index in [0.717, 1.165) is 38.5 Å². The zero-order valence-corrected chi connectivity index (χ0v) is 16.9. The molecule has 9 heteroatoms. The second-order valence-electron chi connectivity index (χ2n) is 6.42. The second-order valence-corrected chi connectivity index (χ2v) is 6.42. The molecule has 12 N–H and O–H groups in total. The summed E-state index contributed by atoms with van der Waals surface area (Å²) < 4.78 is 0. The first-order valence-electron chi connectivity index (χ1n) is 8.39. The molecule has 0 aliphatic carbocycles. The minimum absolute atomic E-state index is 0. The van der Waals surface area contributed by atoms with Gasteiger partial charge in [-0.05, 0) is 38.5 Å². The first kappa shape index (κ1) is 32.0. The molecule has 0 amide bonds. The molecule has 0 bridgehead atoms. The number of carboxylic acids is 3. The molecule has 0 aromatic rings. The number of carboxylic acid groups (broad SMARTS) is 3. The van der Waals surface area contributed by atoms with Crippen LogP contribution in [0.4, 0.5) is 0 Å². The van der Waals surface area contributed by atoms with Gasteiger partial charge in [0.25, 0.3) is 0 Å². The summed E-state index contributed by atoms with van der Waals surface area (Å²) in [7, 11) is 0. The van der Waals surface area contributed by atoms with Crippen molar-refractivity contribution in [3.63, 3.8) is 0 Å². The highest BCUT2D eigenvalue weighted by Crippen LogP contribution is 2.30. The van der Waals surface area contributed by atoms with Gasteiger partial charge in [0.1, 0.15) is 0 Å². The number of hydrogen-bond donors (Lipinski definition) is 3. The molecule has 0 rings (SSSR count). The fraction of sp³-hybridized carbons (Fsp3) is 0.824. The number of carbonyl (C=O) groups excluding carboxylic acids is 3. The van der Waals surface area contributed by atoms with Crippen LogP contribution in [-0.2, 0) is 14.4 Å². The molecule has 0 aliphatic rings. The molecule has 158 valence electrons. The van der Waals surface area contributed by atoms with Crippen molar-refractivity contribution in [2.75, 3.05) is 0 Å². The van der Waals surface area contributed by atoms with Crippen LogP contribution in [0, 0.1) is 5.41 Å². The molecular weight excluding hydrogens is 342 g/mol. The summed E-state index contributed by atoms with van der Waals surface area (Å²) in [5.41, 5.74) is -0.872. The molecule has 0 saturated heterocycles. The minimum Gasteiger partial charge on any atom is -0.550 e. The summed E-state index contributed by atoms with van der Waals surface area (Å²) in [5.74, 6) is -3.16. The van der Waals surface area contributed by atoms with E-state index in [9.17, 15) is 29.7 Å². The Bertz CT molecular complexity index is 365. The molecule has 0 aromatic carbocycles. The maximum absolute atomic E-state index is 11.4. The molecule has 0 fully saturated rings. The summed E-state index contributed by atoms with van der Waals surface area (Å²) >= 11 is 0. The number of carbonyl (C=O) groups is 3. The molecule has 0 aliphatic heterocycles. The van der Waals surface area contributed by atoms with E-state index in [1.807, 2.05) is 0 Å². The third-order valence-electron chi connectivity index (χ3n) is 4.21. The van der Waals surface area contributed by atoms with Crippen LogP contribution < -0.4 is 33.8 Å². The topological polar surface area (TPSA) is 230 Å². The molecule has 0 atom stereocenters. The fourth-order valence-corrected chi connectivity index (χ4v) is 2.61.